The van der Waals surface area contributed by atoms with Gasteiger partial charge in [-0.1, -0.05) is 6.92 Å². The van der Waals surface area contributed by atoms with Crippen molar-refractivity contribution in [3.63, 3.8) is 0 Å². The molecule has 4 heterocycles. The Labute approximate surface area is 285 Å². The minimum atomic E-state index is -0.460. The molecule has 0 spiro atoms. The van der Waals surface area contributed by atoms with Gasteiger partial charge in [-0.25, -0.2) is 23.4 Å². The number of aryl methyl sites for hydroxylation is 1. The summed E-state index contributed by atoms with van der Waals surface area (Å²) in [7, 11) is 1.45. The number of hydrogen-bond acceptors (Lipinski definition) is 11. The quantitative estimate of drug-likeness (QED) is 0.150. The van der Waals surface area contributed by atoms with Crippen LogP contribution >= 0.6 is 23.1 Å². The molecule has 6 rings (SSSR count). The Kier molecular flexibility index (Phi) is 12.3. The van der Waals surface area contributed by atoms with Crippen LogP contribution in [0.2, 0.25) is 0 Å². The van der Waals surface area contributed by atoms with E-state index >= 15 is 0 Å². The number of anilines is 6. The second kappa shape index (κ2) is 17.0. The topological polar surface area (TPSA) is 150 Å². The van der Waals surface area contributed by atoms with E-state index in [1.54, 1.807) is 12.1 Å². The van der Waals surface area contributed by atoms with Crippen molar-refractivity contribution >= 4 is 68.1 Å². The van der Waals surface area contributed by atoms with E-state index < -0.39 is 12.1 Å². The lowest BCUT2D eigenvalue weighted by Gasteiger charge is -2.30. The predicted molar refractivity (Wildman–Crippen MR) is 186 cm³/mol. The van der Waals surface area contributed by atoms with Crippen molar-refractivity contribution in [1.29, 1.82) is 0 Å². The van der Waals surface area contributed by atoms with Crippen molar-refractivity contribution < 1.29 is 23.1 Å². The first-order chi connectivity index (χ1) is 23.3. The zero-order chi connectivity index (χ0) is 33.9. The van der Waals surface area contributed by atoms with Gasteiger partial charge in [0, 0.05) is 55.7 Å². The molecule has 4 aromatic rings. The molecular weight excluding hydrogens is 663 g/mol. The van der Waals surface area contributed by atoms with Crippen LogP contribution in [0.5, 0.6) is 6.01 Å². The van der Waals surface area contributed by atoms with Gasteiger partial charge in [0.1, 0.15) is 17.5 Å². The van der Waals surface area contributed by atoms with E-state index in [1.807, 2.05) is 6.92 Å². The van der Waals surface area contributed by atoms with Crippen LogP contribution in [0, 0.1) is 11.6 Å². The van der Waals surface area contributed by atoms with E-state index in [2.05, 4.69) is 49.8 Å². The highest BCUT2D eigenvalue weighted by molar-refractivity contribution is 7.10. The van der Waals surface area contributed by atoms with Crippen LogP contribution in [0.15, 0.2) is 36.4 Å². The number of urea groups is 2. The Morgan fingerprint density at radius 3 is 1.65 bits per heavy atom. The van der Waals surface area contributed by atoms with Gasteiger partial charge in [0.15, 0.2) is 0 Å². The molecule has 0 bridgehead atoms. The zero-order valence-corrected chi connectivity index (χ0v) is 28.4. The molecule has 0 unspecified atom stereocenters. The average Bonchev–Trinajstić information content (AvgIpc) is 3.76. The third kappa shape index (κ3) is 9.70. The average molecular weight is 701 g/mol. The number of ether oxygens (including phenoxy) is 1. The molecule has 2 aromatic carbocycles. The fraction of sp³-hybridized carbons (Fsp3) is 0.419. The molecule has 2 fully saturated rings. The molecule has 2 aliphatic rings. The van der Waals surface area contributed by atoms with E-state index in [9.17, 15) is 18.4 Å². The maximum absolute atomic E-state index is 13.7. The summed E-state index contributed by atoms with van der Waals surface area (Å²) in [5.41, 5.74) is 2.57. The highest BCUT2D eigenvalue weighted by atomic mass is 32.1. The number of rotatable bonds is 8. The molecule has 4 N–H and O–H groups in total. The molecule has 0 aliphatic carbocycles. The number of benzene rings is 2. The predicted octanol–water partition coefficient (Wildman–Crippen LogP) is 7.19. The normalized spacial score (nSPS) is 14.4. The first-order valence-electron chi connectivity index (χ1n) is 15.8. The lowest BCUT2D eigenvalue weighted by Crippen LogP contribution is -2.31. The summed E-state index contributed by atoms with van der Waals surface area (Å²) < 4.78 is 40.2. The summed E-state index contributed by atoms with van der Waals surface area (Å²) >= 11 is 2.16. The van der Waals surface area contributed by atoms with Crippen molar-refractivity contribution in [2.24, 2.45) is 0 Å². The van der Waals surface area contributed by atoms with E-state index in [1.165, 1.54) is 44.2 Å². The number of carbonyl (C=O) groups excluding carboxylic acids is 2. The smallest absolute Gasteiger partial charge is 0.329 e. The molecular formula is C31H38F2N10O3S2. The molecule has 0 radical (unpaired) electrons. The van der Waals surface area contributed by atoms with Gasteiger partial charge in [-0.05, 0) is 74.9 Å². The van der Waals surface area contributed by atoms with Crippen molar-refractivity contribution in [3.05, 3.63) is 53.9 Å². The van der Waals surface area contributed by atoms with Gasteiger partial charge in [-0.15, -0.1) is 4.37 Å². The van der Waals surface area contributed by atoms with Crippen LogP contribution in [0.1, 0.15) is 51.3 Å². The zero-order valence-electron chi connectivity index (χ0n) is 26.7. The molecule has 2 aromatic heterocycles. The lowest BCUT2D eigenvalue weighted by atomic mass is 10.1. The van der Waals surface area contributed by atoms with Gasteiger partial charge >= 0.3 is 18.1 Å². The summed E-state index contributed by atoms with van der Waals surface area (Å²) in [5, 5.41) is 11.6. The number of piperidine rings is 2. The van der Waals surface area contributed by atoms with Crippen LogP contribution in [0.4, 0.5) is 51.4 Å². The van der Waals surface area contributed by atoms with Gasteiger partial charge in [0.05, 0.1) is 29.9 Å². The number of nitrogens with zero attached hydrogens (tertiary/aromatic N) is 6. The molecule has 4 amide bonds. The Hall–Kier alpha value is -4.64. The van der Waals surface area contributed by atoms with Crippen LogP contribution in [-0.2, 0) is 6.42 Å². The SMILES string of the molecule is CCc1nsc(NC(=O)Nc2ccc(F)cc2N2CCCCC2)n1.COc1nsc(NC(=O)Nc2ccc(F)cc2N2CCCCC2)n1. The maximum atomic E-state index is 13.7. The second-order valence-electron chi connectivity index (χ2n) is 11.0. The molecule has 48 heavy (non-hydrogen) atoms. The molecule has 0 saturated carbocycles. The summed E-state index contributed by atoms with van der Waals surface area (Å²) in [5.74, 6) is 0.0692. The molecule has 2 aliphatic heterocycles. The summed E-state index contributed by atoms with van der Waals surface area (Å²) in [4.78, 5) is 36.8. The number of hydrogen-bond donors (Lipinski definition) is 4. The second-order valence-corrected chi connectivity index (χ2v) is 12.5. The van der Waals surface area contributed by atoms with Gasteiger partial charge in [-0.3, -0.25) is 10.6 Å². The van der Waals surface area contributed by atoms with E-state index in [4.69, 9.17) is 4.74 Å². The molecule has 13 nitrogen and oxygen atoms in total. The van der Waals surface area contributed by atoms with E-state index in [0.29, 0.717) is 33.1 Å². The van der Waals surface area contributed by atoms with Crippen LogP contribution < -0.4 is 35.8 Å². The largest absolute Gasteiger partial charge is 0.466 e. The minimum absolute atomic E-state index is 0.200. The third-order valence-corrected chi connectivity index (χ3v) is 8.91. The fourth-order valence-electron chi connectivity index (χ4n) is 5.31. The summed E-state index contributed by atoms with van der Waals surface area (Å²) in [6.45, 7) is 5.40. The fourth-order valence-corrected chi connectivity index (χ4v) is 6.49. The minimum Gasteiger partial charge on any atom is -0.466 e. The monoisotopic (exact) mass is 700 g/mol. The first-order valence-corrected chi connectivity index (χ1v) is 17.3. The van der Waals surface area contributed by atoms with Gasteiger partial charge in [0.2, 0.25) is 10.3 Å². The van der Waals surface area contributed by atoms with Gasteiger partial charge in [-0.2, -0.15) is 9.36 Å². The maximum Gasteiger partial charge on any atom is 0.329 e. The van der Waals surface area contributed by atoms with Crippen molar-refractivity contribution in [1.82, 2.24) is 18.7 Å². The molecule has 17 heteroatoms. The Bertz CT molecular complexity index is 1550. The number of aromatic nitrogens is 4. The van der Waals surface area contributed by atoms with Crippen molar-refractivity contribution in [3.8, 4) is 6.01 Å². The van der Waals surface area contributed by atoms with Crippen LogP contribution in [0.3, 0.4) is 0 Å². The third-order valence-electron chi connectivity index (χ3n) is 7.62. The molecule has 2 saturated heterocycles. The summed E-state index contributed by atoms with van der Waals surface area (Å²) in [6, 6.07) is 8.11. The molecule has 0 atom stereocenters. The summed E-state index contributed by atoms with van der Waals surface area (Å²) in [6.07, 6.45) is 7.36. The Morgan fingerprint density at radius 2 is 1.21 bits per heavy atom. The lowest BCUT2D eigenvalue weighted by molar-refractivity contribution is 0.261. The standard InChI is InChI=1S/C16H20FN5OS.C15H18FN5O2S/c1-2-14-19-16(24-21-14)20-15(23)18-12-7-6-11(17)10-13(12)22-8-4-3-5-9-22;1-23-14-19-15(24-20-14)18-13(22)17-11-6-5-10(16)9-12(11)21-7-3-2-4-8-21/h6-7,10H,2-5,8-9H2,1H3,(H2,18,19,20,21,23);5-6,9H,2-4,7-8H2,1H3,(H2,17,18,19,20,22). The van der Waals surface area contributed by atoms with Gasteiger partial charge < -0.3 is 25.2 Å². The number of nitrogens with one attached hydrogen (secondary N) is 4. The Balaban J connectivity index is 0.000000188. The van der Waals surface area contributed by atoms with Gasteiger partial charge in [0.25, 0.3) is 0 Å². The van der Waals surface area contributed by atoms with Crippen molar-refractivity contribution in [2.75, 3.05) is 64.4 Å². The highest BCUT2D eigenvalue weighted by Gasteiger charge is 2.19. The Morgan fingerprint density at radius 1 is 0.729 bits per heavy atom. The van der Waals surface area contributed by atoms with E-state index in [-0.39, 0.29) is 17.6 Å². The van der Waals surface area contributed by atoms with Crippen LogP contribution in [-0.4, -0.2) is 64.1 Å². The number of amides is 4. The number of carbonyl (C=O) groups is 2. The number of methoxy groups -OCH3 is 1. The number of halogens is 2. The van der Waals surface area contributed by atoms with Crippen LogP contribution in [0.25, 0.3) is 0 Å². The first kappa shape index (κ1) is 34.7. The molecule has 256 valence electrons. The van der Waals surface area contributed by atoms with E-state index in [0.717, 1.165) is 87.0 Å². The highest BCUT2D eigenvalue weighted by Crippen LogP contribution is 2.31. The van der Waals surface area contributed by atoms with Crippen molar-refractivity contribution in [2.45, 2.75) is 51.9 Å².